The third-order valence-corrected chi connectivity index (χ3v) is 4.46. The summed E-state index contributed by atoms with van der Waals surface area (Å²) in [6.45, 7) is 8.80. The lowest BCUT2D eigenvalue weighted by atomic mass is 9.92. The number of nitrogens with zero attached hydrogens (tertiary/aromatic N) is 1. The average molecular weight is 377 g/mol. The van der Waals surface area contributed by atoms with Gasteiger partial charge in [0.25, 0.3) is 5.91 Å². The molecule has 0 aliphatic carbocycles. The van der Waals surface area contributed by atoms with Crippen molar-refractivity contribution in [3.05, 3.63) is 60.3 Å². The molecule has 0 spiro atoms. The molecule has 3 rings (SSSR count). The van der Waals surface area contributed by atoms with Crippen molar-refractivity contribution in [2.45, 2.75) is 40.7 Å². The SMILES string of the molecule is CCn1c(C(=O)Nc2ccccc2)cc2cc(NC(=O)CC(C)(C)C)ccc21. The molecular formula is C23H27N3O2. The van der Waals surface area contributed by atoms with Gasteiger partial charge in [-0.1, -0.05) is 39.0 Å². The number of hydrogen-bond acceptors (Lipinski definition) is 2. The zero-order valence-electron chi connectivity index (χ0n) is 16.9. The molecule has 5 heteroatoms. The number of para-hydroxylation sites is 1. The Bertz CT molecular complexity index is 998. The number of amides is 2. The minimum Gasteiger partial charge on any atom is -0.337 e. The number of hydrogen-bond donors (Lipinski definition) is 2. The summed E-state index contributed by atoms with van der Waals surface area (Å²) in [5.74, 6) is -0.161. The quantitative estimate of drug-likeness (QED) is 0.635. The van der Waals surface area contributed by atoms with Crippen molar-refractivity contribution in [1.82, 2.24) is 4.57 Å². The molecule has 0 saturated carbocycles. The van der Waals surface area contributed by atoms with Crippen LogP contribution in [-0.2, 0) is 11.3 Å². The Morgan fingerprint density at radius 2 is 1.64 bits per heavy atom. The first kappa shape index (κ1) is 19.7. The van der Waals surface area contributed by atoms with Crippen LogP contribution in [0, 0.1) is 5.41 Å². The van der Waals surface area contributed by atoms with E-state index >= 15 is 0 Å². The van der Waals surface area contributed by atoms with Gasteiger partial charge in [-0.3, -0.25) is 9.59 Å². The maximum atomic E-state index is 12.8. The molecule has 0 aliphatic rings. The zero-order chi connectivity index (χ0) is 20.3. The Morgan fingerprint density at radius 3 is 2.29 bits per heavy atom. The van der Waals surface area contributed by atoms with Gasteiger partial charge >= 0.3 is 0 Å². The van der Waals surface area contributed by atoms with Gasteiger partial charge in [0.2, 0.25) is 5.91 Å². The molecule has 1 aromatic heterocycles. The largest absolute Gasteiger partial charge is 0.337 e. The van der Waals surface area contributed by atoms with Crippen LogP contribution >= 0.6 is 0 Å². The monoisotopic (exact) mass is 377 g/mol. The summed E-state index contributed by atoms with van der Waals surface area (Å²) < 4.78 is 1.98. The molecule has 3 aromatic rings. The maximum Gasteiger partial charge on any atom is 0.272 e. The molecule has 146 valence electrons. The van der Waals surface area contributed by atoms with E-state index in [9.17, 15) is 9.59 Å². The third-order valence-electron chi connectivity index (χ3n) is 4.46. The zero-order valence-corrected chi connectivity index (χ0v) is 16.9. The average Bonchev–Trinajstić information content (AvgIpc) is 2.98. The predicted molar refractivity (Wildman–Crippen MR) is 115 cm³/mol. The smallest absolute Gasteiger partial charge is 0.272 e. The van der Waals surface area contributed by atoms with E-state index in [1.54, 1.807) is 0 Å². The molecule has 1 heterocycles. The molecule has 28 heavy (non-hydrogen) atoms. The fraction of sp³-hybridized carbons (Fsp3) is 0.304. The maximum absolute atomic E-state index is 12.8. The van der Waals surface area contributed by atoms with Crippen molar-refractivity contribution in [2.24, 2.45) is 5.41 Å². The lowest BCUT2D eigenvalue weighted by molar-refractivity contribution is -0.117. The van der Waals surface area contributed by atoms with Crippen LogP contribution in [0.3, 0.4) is 0 Å². The Labute approximate surface area is 165 Å². The second-order valence-corrected chi connectivity index (χ2v) is 8.15. The first-order chi connectivity index (χ1) is 13.3. The lowest BCUT2D eigenvalue weighted by Gasteiger charge is -2.17. The summed E-state index contributed by atoms with van der Waals surface area (Å²) in [5.41, 5.74) is 3.00. The molecular weight excluding hydrogens is 350 g/mol. The Hall–Kier alpha value is -3.08. The highest BCUT2D eigenvalue weighted by Crippen LogP contribution is 2.25. The van der Waals surface area contributed by atoms with Gasteiger partial charge < -0.3 is 15.2 Å². The third kappa shape index (κ3) is 4.60. The van der Waals surface area contributed by atoms with E-state index in [0.29, 0.717) is 18.7 Å². The predicted octanol–water partition coefficient (Wildman–Crippen LogP) is 5.29. The summed E-state index contributed by atoms with van der Waals surface area (Å²) >= 11 is 0. The van der Waals surface area contributed by atoms with Crippen LogP contribution < -0.4 is 10.6 Å². The van der Waals surface area contributed by atoms with Crippen molar-refractivity contribution in [3.63, 3.8) is 0 Å². The fourth-order valence-corrected chi connectivity index (χ4v) is 3.28. The van der Waals surface area contributed by atoms with E-state index in [-0.39, 0.29) is 17.2 Å². The second-order valence-electron chi connectivity index (χ2n) is 8.15. The Morgan fingerprint density at radius 1 is 0.929 bits per heavy atom. The summed E-state index contributed by atoms with van der Waals surface area (Å²) in [4.78, 5) is 25.0. The van der Waals surface area contributed by atoms with Crippen LogP contribution in [0.25, 0.3) is 10.9 Å². The Kier molecular flexibility index (Phi) is 5.54. The number of benzene rings is 2. The summed E-state index contributed by atoms with van der Waals surface area (Å²) in [6, 6.07) is 17.0. The molecule has 0 unspecified atom stereocenters. The summed E-state index contributed by atoms with van der Waals surface area (Å²) in [5, 5.41) is 6.82. The lowest BCUT2D eigenvalue weighted by Crippen LogP contribution is -2.19. The highest BCUT2D eigenvalue weighted by Gasteiger charge is 2.18. The van der Waals surface area contributed by atoms with Gasteiger partial charge in [0, 0.05) is 35.2 Å². The minimum absolute atomic E-state index is 0.0104. The number of fused-ring (bicyclic) bond motifs is 1. The van der Waals surface area contributed by atoms with Crippen molar-refractivity contribution < 1.29 is 9.59 Å². The summed E-state index contributed by atoms with van der Waals surface area (Å²) in [7, 11) is 0. The summed E-state index contributed by atoms with van der Waals surface area (Å²) in [6.07, 6.45) is 0.450. The first-order valence-electron chi connectivity index (χ1n) is 9.56. The number of anilines is 2. The van der Waals surface area contributed by atoms with Crippen LogP contribution in [-0.4, -0.2) is 16.4 Å². The highest BCUT2D eigenvalue weighted by atomic mass is 16.2. The topological polar surface area (TPSA) is 63.1 Å². The number of nitrogens with one attached hydrogen (secondary N) is 2. The van der Waals surface area contributed by atoms with E-state index in [1.165, 1.54) is 0 Å². The standard InChI is InChI=1S/C23H27N3O2/c1-5-26-19-12-11-18(24-21(27)15-23(2,3)4)13-16(19)14-20(26)22(28)25-17-9-7-6-8-10-17/h6-14H,5,15H2,1-4H3,(H,24,27)(H,25,28). The molecule has 2 amide bonds. The molecule has 0 atom stereocenters. The molecule has 0 bridgehead atoms. The Balaban J connectivity index is 1.86. The molecule has 2 aromatic carbocycles. The fourth-order valence-electron chi connectivity index (χ4n) is 3.28. The molecule has 5 nitrogen and oxygen atoms in total. The minimum atomic E-state index is -0.150. The number of rotatable bonds is 5. The van der Waals surface area contributed by atoms with Gasteiger partial charge in [-0.25, -0.2) is 0 Å². The van der Waals surface area contributed by atoms with Gasteiger partial charge in [-0.05, 0) is 48.7 Å². The van der Waals surface area contributed by atoms with Crippen molar-refractivity contribution >= 4 is 34.1 Å². The van der Waals surface area contributed by atoms with E-state index < -0.39 is 0 Å². The van der Waals surface area contributed by atoms with Crippen LogP contribution in [0.4, 0.5) is 11.4 Å². The van der Waals surface area contributed by atoms with Gasteiger partial charge in [0.15, 0.2) is 0 Å². The molecule has 0 fully saturated rings. The second kappa shape index (κ2) is 7.89. The number of aryl methyl sites for hydroxylation is 1. The normalized spacial score (nSPS) is 11.4. The van der Waals surface area contributed by atoms with Gasteiger partial charge in [0.05, 0.1) is 0 Å². The number of carbonyl (C=O) groups excluding carboxylic acids is 2. The van der Waals surface area contributed by atoms with Crippen molar-refractivity contribution in [3.8, 4) is 0 Å². The molecule has 0 saturated heterocycles. The van der Waals surface area contributed by atoms with Crippen LogP contribution in [0.2, 0.25) is 0 Å². The van der Waals surface area contributed by atoms with E-state index in [1.807, 2.05) is 86.9 Å². The van der Waals surface area contributed by atoms with Crippen molar-refractivity contribution in [2.75, 3.05) is 10.6 Å². The van der Waals surface area contributed by atoms with Gasteiger partial charge in [-0.15, -0.1) is 0 Å². The molecule has 0 radical (unpaired) electrons. The van der Waals surface area contributed by atoms with Crippen LogP contribution in [0.5, 0.6) is 0 Å². The van der Waals surface area contributed by atoms with E-state index in [2.05, 4.69) is 10.6 Å². The van der Waals surface area contributed by atoms with Crippen LogP contribution in [0.1, 0.15) is 44.6 Å². The number of carbonyl (C=O) groups is 2. The number of aromatic nitrogens is 1. The first-order valence-corrected chi connectivity index (χ1v) is 9.56. The molecule has 0 aliphatic heterocycles. The van der Waals surface area contributed by atoms with Crippen molar-refractivity contribution in [1.29, 1.82) is 0 Å². The van der Waals surface area contributed by atoms with Gasteiger partial charge in [-0.2, -0.15) is 0 Å². The van der Waals surface area contributed by atoms with E-state index in [0.717, 1.165) is 22.3 Å². The van der Waals surface area contributed by atoms with E-state index in [4.69, 9.17) is 0 Å². The highest BCUT2D eigenvalue weighted by molar-refractivity contribution is 6.07. The van der Waals surface area contributed by atoms with Crippen LogP contribution in [0.15, 0.2) is 54.6 Å². The molecule has 2 N–H and O–H groups in total. The van der Waals surface area contributed by atoms with Gasteiger partial charge in [0.1, 0.15) is 5.69 Å².